The zero-order valence-electron chi connectivity index (χ0n) is 12.6. The maximum absolute atomic E-state index is 12.2. The van der Waals surface area contributed by atoms with Crippen LogP contribution in [0.25, 0.3) is 0 Å². The molecule has 0 bridgehead atoms. The highest BCUT2D eigenvalue weighted by Gasteiger charge is 2.32. The molecule has 1 atom stereocenters. The minimum atomic E-state index is -0.732. The summed E-state index contributed by atoms with van der Waals surface area (Å²) in [6.45, 7) is 6.26. The minimum Gasteiger partial charge on any atom is -0.444 e. The van der Waals surface area contributed by atoms with Crippen LogP contribution in [0, 0.1) is 0 Å². The van der Waals surface area contributed by atoms with Crippen molar-refractivity contribution in [2.75, 3.05) is 25.0 Å². The lowest BCUT2D eigenvalue weighted by molar-refractivity contribution is -0.132. The number of morpholine rings is 1. The summed E-state index contributed by atoms with van der Waals surface area (Å²) in [5.41, 5.74) is -0.569. The van der Waals surface area contributed by atoms with E-state index in [1.54, 1.807) is 27.0 Å². The van der Waals surface area contributed by atoms with Crippen LogP contribution in [0.15, 0.2) is 9.98 Å². The lowest BCUT2D eigenvalue weighted by Crippen LogP contribution is -2.51. The van der Waals surface area contributed by atoms with Crippen molar-refractivity contribution in [3.63, 3.8) is 0 Å². The molecule has 1 aliphatic rings. The number of nitrogens with zero attached hydrogens (tertiary/aromatic N) is 2. The van der Waals surface area contributed by atoms with Crippen molar-refractivity contribution in [2.24, 2.45) is 0 Å². The molecule has 1 aromatic rings. The van der Waals surface area contributed by atoms with Crippen molar-refractivity contribution in [2.45, 2.75) is 32.5 Å². The number of hydrogen-bond donors (Lipinski definition) is 1. The summed E-state index contributed by atoms with van der Waals surface area (Å²) in [5, 5.41) is 3.16. The predicted molar refractivity (Wildman–Crippen MR) is 86.0 cm³/mol. The third kappa shape index (κ3) is 4.92. The van der Waals surface area contributed by atoms with E-state index in [-0.39, 0.29) is 12.5 Å². The number of halogens is 1. The molecule has 1 aromatic heterocycles. The lowest BCUT2D eigenvalue weighted by Gasteiger charge is -2.33. The van der Waals surface area contributed by atoms with E-state index in [1.807, 2.05) is 0 Å². The number of anilines is 1. The van der Waals surface area contributed by atoms with Crippen molar-refractivity contribution in [1.82, 2.24) is 9.88 Å². The average Bonchev–Trinajstić information content (AvgIpc) is 2.82. The second-order valence-electron chi connectivity index (χ2n) is 5.74. The summed E-state index contributed by atoms with van der Waals surface area (Å²) in [4.78, 5) is 29.7. The highest BCUT2D eigenvalue weighted by atomic mass is 79.9. The predicted octanol–water partition coefficient (Wildman–Crippen LogP) is 2.48. The summed E-state index contributed by atoms with van der Waals surface area (Å²) in [7, 11) is 0. The molecule has 0 aliphatic carbocycles. The van der Waals surface area contributed by atoms with Gasteiger partial charge in [-0.25, -0.2) is 9.78 Å². The first-order chi connectivity index (χ1) is 10.2. The third-order valence-corrected chi connectivity index (χ3v) is 4.11. The topological polar surface area (TPSA) is 80.8 Å². The summed E-state index contributed by atoms with van der Waals surface area (Å²) in [6, 6.07) is 0. The van der Waals surface area contributed by atoms with E-state index in [2.05, 4.69) is 26.2 Å². The highest BCUT2D eigenvalue weighted by molar-refractivity contribution is 9.11. The van der Waals surface area contributed by atoms with Crippen LogP contribution in [0.5, 0.6) is 0 Å². The molecule has 2 heterocycles. The van der Waals surface area contributed by atoms with E-state index in [9.17, 15) is 9.59 Å². The molecular formula is C13H18BrN3O4S. The SMILES string of the molecule is CC(C)(C)OC(=O)N1CCOC(C(=O)Nc2ncc(Br)s2)C1. The van der Waals surface area contributed by atoms with Gasteiger partial charge in [0.2, 0.25) is 0 Å². The number of aromatic nitrogens is 1. The van der Waals surface area contributed by atoms with Gasteiger partial charge >= 0.3 is 6.09 Å². The van der Waals surface area contributed by atoms with Crippen LogP contribution in [-0.2, 0) is 14.3 Å². The van der Waals surface area contributed by atoms with Gasteiger partial charge in [0.25, 0.3) is 5.91 Å². The summed E-state index contributed by atoms with van der Waals surface area (Å²) >= 11 is 4.59. The van der Waals surface area contributed by atoms with Crippen molar-refractivity contribution in [3.8, 4) is 0 Å². The van der Waals surface area contributed by atoms with Crippen molar-refractivity contribution < 1.29 is 19.1 Å². The fraction of sp³-hybridized carbons (Fsp3) is 0.615. The molecule has 1 fully saturated rings. The van der Waals surface area contributed by atoms with Crippen LogP contribution < -0.4 is 5.32 Å². The standard InChI is InChI=1S/C13H18BrN3O4S/c1-13(2,3)21-12(19)17-4-5-20-8(7-17)10(18)16-11-15-6-9(14)22-11/h6,8H,4-5,7H2,1-3H3,(H,15,16,18). The molecule has 7 nitrogen and oxygen atoms in total. The zero-order valence-corrected chi connectivity index (χ0v) is 15.0. The fourth-order valence-electron chi connectivity index (χ4n) is 1.80. The number of carbonyl (C=O) groups excluding carboxylic acids is 2. The Morgan fingerprint density at radius 2 is 2.27 bits per heavy atom. The number of nitrogens with one attached hydrogen (secondary N) is 1. The van der Waals surface area contributed by atoms with E-state index in [1.165, 1.54) is 16.2 Å². The number of amides is 2. The number of thiazole rings is 1. The van der Waals surface area contributed by atoms with E-state index in [0.29, 0.717) is 18.3 Å². The monoisotopic (exact) mass is 391 g/mol. The first-order valence-corrected chi connectivity index (χ1v) is 8.37. The van der Waals surface area contributed by atoms with Gasteiger partial charge in [-0.15, -0.1) is 0 Å². The number of carbonyl (C=O) groups is 2. The molecule has 2 amide bonds. The van der Waals surface area contributed by atoms with E-state index >= 15 is 0 Å². The normalized spacial score (nSPS) is 18.9. The third-order valence-electron chi connectivity index (χ3n) is 2.72. The maximum Gasteiger partial charge on any atom is 0.410 e. The number of ether oxygens (including phenoxy) is 2. The quantitative estimate of drug-likeness (QED) is 0.837. The van der Waals surface area contributed by atoms with E-state index < -0.39 is 17.8 Å². The molecule has 2 rings (SSSR count). The van der Waals surface area contributed by atoms with Gasteiger partial charge in [-0.2, -0.15) is 0 Å². The van der Waals surface area contributed by atoms with Gasteiger partial charge in [-0.05, 0) is 36.7 Å². The smallest absolute Gasteiger partial charge is 0.410 e. The van der Waals surface area contributed by atoms with Crippen LogP contribution in [0.2, 0.25) is 0 Å². The van der Waals surface area contributed by atoms with E-state index in [4.69, 9.17) is 9.47 Å². The molecular weight excluding hydrogens is 374 g/mol. The number of hydrogen-bond acceptors (Lipinski definition) is 6. The minimum absolute atomic E-state index is 0.160. The van der Waals surface area contributed by atoms with Crippen LogP contribution in [0.4, 0.5) is 9.93 Å². The average molecular weight is 392 g/mol. The van der Waals surface area contributed by atoms with Gasteiger partial charge < -0.3 is 14.4 Å². The highest BCUT2D eigenvalue weighted by Crippen LogP contribution is 2.23. The van der Waals surface area contributed by atoms with Crippen LogP contribution in [0.3, 0.4) is 0 Å². The first-order valence-electron chi connectivity index (χ1n) is 6.76. The molecule has 0 radical (unpaired) electrons. The Bertz CT molecular complexity index is 558. The molecule has 0 aromatic carbocycles. The molecule has 1 unspecified atom stereocenters. The second-order valence-corrected chi connectivity index (χ2v) is 8.15. The molecule has 0 saturated carbocycles. The van der Waals surface area contributed by atoms with Crippen molar-refractivity contribution in [1.29, 1.82) is 0 Å². The molecule has 1 N–H and O–H groups in total. The Morgan fingerprint density at radius 1 is 1.55 bits per heavy atom. The lowest BCUT2D eigenvalue weighted by atomic mass is 10.2. The molecule has 1 saturated heterocycles. The fourth-order valence-corrected chi connectivity index (χ4v) is 2.91. The van der Waals surface area contributed by atoms with Gasteiger partial charge in [0.1, 0.15) is 5.60 Å². The van der Waals surface area contributed by atoms with Crippen LogP contribution >= 0.6 is 27.3 Å². The number of rotatable bonds is 2. The van der Waals surface area contributed by atoms with Gasteiger partial charge in [0.05, 0.1) is 23.1 Å². The summed E-state index contributed by atoms with van der Waals surface area (Å²) in [5.74, 6) is -0.324. The molecule has 122 valence electrons. The molecule has 1 aliphatic heterocycles. The van der Waals surface area contributed by atoms with Gasteiger partial charge in [0, 0.05) is 6.54 Å². The summed E-state index contributed by atoms with van der Waals surface area (Å²) in [6.07, 6.45) is 0.434. The first kappa shape index (κ1) is 17.2. The molecule has 22 heavy (non-hydrogen) atoms. The maximum atomic E-state index is 12.2. The zero-order chi connectivity index (χ0) is 16.3. The Labute approximate surface area is 141 Å². The van der Waals surface area contributed by atoms with Gasteiger partial charge in [-0.3, -0.25) is 10.1 Å². The Hall–Kier alpha value is -1.19. The van der Waals surface area contributed by atoms with E-state index in [0.717, 1.165) is 3.79 Å². The Kier molecular flexibility index (Phi) is 5.41. The second kappa shape index (κ2) is 6.93. The largest absolute Gasteiger partial charge is 0.444 e. The van der Waals surface area contributed by atoms with Crippen LogP contribution in [0.1, 0.15) is 20.8 Å². The molecule has 0 spiro atoms. The summed E-state index contributed by atoms with van der Waals surface area (Å²) < 4.78 is 11.6. The van der Waals surface area contributed by atoms with Gasteiger partial charge in [-0.1, -0.05) is 11.3 Å². The molecule has 9 heteroatoms. The van der Waals surface area contributed by atoms with Gasteiger partial charge in [0.15, 0.2) is 11.2 Å². The Morgan fingerprint density at radius 3 is 2.86 bits per heavy atom. The van der Waals surface area contributed by atoms with Crippen LogP contribution in [-0.4, -0.2) is 53.3 Å². The van der Waals surface area contributed by atoms with Crippen molar-refractivity contribution >= 4 is 44.4 Å². The van der Waals surface area contributed by atoms with Crippen molar-refractivity contribution in [3.05, 3.63) is 9.98 Å². The Balaban J connectivity index is 1.92.